The molecule has 1 saturated heterocycles. The van der Waals surface area contributed by atoms with Crippen molar-refractivity contribution in [1.29, 1.82) is 0 Å². The normalized spacial score (nSPS) is 18.5. The summed E-state index contributed by atoms with van der Waals surface area (Å²) in [7, 11) is 0. The van der Waals surface area contributed by atoms with Crippen LogP contribution in [0.3, 0.4) is 0 Å². The van der Waals surface area contributed by atoms with Gasteiger partial charge in [0.25, 0.3) is 0 Å². The minimum Gasteiger partial charge on any atom is -0.461 e. The Balaban J connectivity index is 1.61. The number of likely N-dealkylation sites (tertiary alicyclic amines) is 1. The number of aromatic amines is 1. The van der Waals surface area contributed by atoms with E-state index >= 15 is 0 Å². The summed E-state index contributed by atoms with van der Waals surface area (Å²) < 4.78 is 11.8. The first-order chi connectivity index (χ1) is 13.4. The van der Waals surface area contributed by atoms with Crippen LogP contribution in [0.1, 0.15) is 51.0 Å². The Hall–Kier alpha value is -2.69. The van der Waals surface area contributed by atoms with E-state index in [9.17, 15) is 4.79 Å². The second-order valence-electron chi connectivity index (χ2n) is 8.57. The lowest BCUT2D eigenvalue weighted by atomic mass is 9.90. The smallest absolute Gasteiger partial charge is 0.410 e. The number of hydrogen-bond acceptors (Lipinski definition) is 3. The molecule has 0 spiro atoms. The van der Waals surface area contributed by atoms with Crippen molar-refractivity contribution in [1.82, 2.24) is 9.88 Å². The summed E-state index contributed by atoms with van der Waals surface area (Å²) in [6.07, 6.45) is 4.40. The van der Waals surface area contributed by atoms with Crippen molar-refractivity contribution in [2.75, 3.05) is 6.54 Å². The van der Waals surface area contributed by atoms with E-state index in [1.165, 1.54) is 0 Å². The van der Waals surface area contributed by atoms with Gasteiger partial charge in [0, 0.05) is 42.2 Å². The molecule has 0 radical (unpaired) electrons. The Morgan fingerprint density at radius 3 is 2.82 bits per heavy atom. The van der Waals surface area contributed by atoms with E-state index in [1.54, 1.807) is 0 Å². The van der Waals surface area contributed by atoms with Crippen LogP contribution in [0.15, 0.2) is 53.1 Å². The van der Waals surface area contributed by atoms with Gasteiger partial charge in [0.15, 0.2) is 0 Å². The van der Waals surface area contributed by atoms with Crippen LogP contribution in [-0.2, 0) is 11.2 Å². The van der Waals surface area contributed by atoms with E-state index in [0.717, 1.165) is 48.2 Å². The molecule has 2 aromatic heterocycles. The second kappa shape index (κ2) is 7.38. The van der Waals surface area contributed by atoms with Crippen molar-refractivity contribution < 1.29 is 13.9 Å². The molecule has 28 heavy (non-hydrogen) atoms. The minimum absolute atomic E-state index is 0.0849. The number of fused-ring (bicyclic) bond motifs is 1. The van der Waals surface area contributed by atoms with Crippen molar-refractivity contribution in [2.24, 2.45) is 0 Å². The van der Waals surface area contributed by atoms with E-state index in [4.69, 9.17) is 9.15 Å². The molecule has 1 amide bonds. The number of amides is 1. The van der Waals surface area contributed by atoms with Crippen LogP contribution in [0.5, 0.6) is 0 Å². The van der Waals surface area contributed by atoms with Crippen molar-refractivity contribution in [3.63, 3.8) is 0 Å². The zero-order valence-electron chi connectivity index (χ0n) is 16.8. The number of nitrogens with one attached hydrogen (secondary N) is 1. The number of hydrogen-bond donors (Lipinski definition) is 1. The lowest BCUT2D eigenvalue weighted by Crippen LogP contribution is -2.42. The average Bonchev–Trinajstić information content (AvgIpc) is 3.36. The molecule has 1 aliphatic heterocycles. The Morgan fingerprint density at radius 1 is 1.29 bits per heavy atom. The zero-order valence-corrected chi connectivity index (χ0v) is 16.8. The number of furan rings is 1. The van der Waals surface area contributed by atoms with Crippen LogP contribution in [0, 0.1) is 0 Å². The number of ether oxygens (including phenoxy) is 1. The van der Waals surface area contributed by atoms with Crippen LogP contribution in [0.2, 0.25) is 0 Å². The molecular weight excluding hydrogens is 352 g/mol. The lowest BCUT2D eigenvalue weighted by Gasteiger charge is -2.32. The van der Waals surface area contributed by atoms with Crippen LogP contribution >= 0.6 is 0 Å². The van der Waals surface area contributed by atoms with Gasteiger partial charge in [0.2, 0.25) is 0 Å². The standard InChI is InChI=1S/C23H28N2O3/c1-23(2,3)28-22(26)25-13-7-10-20(25)18(19-9-6-12-24-19)15-17-14-16-8-4-5-11-21(16)27-17/h4-6,8-9,11-12,14,18,20,24H,7,10,13,15H2,1-3H3. The van der Waals surface area contributed by atoms with E-state index in [-0.39, 0.29) is 18.1 Å². The molecule has 1 aliphatic rings. The number of H-pyrrole nitrogens is 1. The van der Waals surface area contributed by atoms with E-state index in [1.807, 2.05) is 56.1 Å². The van der Waals surface area contributed by atoms with Gasteiger partial charge >= 0.3 is 6.09 Å². The van der Waals surface area contributed by atoms with Gasteiger partial charge in [0.05, 0.1) is 0 Å². The second-order valence-corrected chi connectivity index (χ2v) is 8.57. The maximum atomic E-state index is 12.8. The predicted molar refractivity (Wildman–Crippen MR) is 109 cm³/mol. The molecule has 3 heterocycles. The molecule has 0 saturated carbocycles. The number of rotatable bonds is 4. The predicted octanol–water partition coefficient (Wildman–Crippen LogP) is 5.49. The summed E-state index contributed by atoms with van der Waals surface area (Å²) in [6.45, 7) is 6.46. The fourth-order valence-corrected chi connectivity index (χ4v) is 4.14. The summed E-state index contributed by atoms with van der Waals surface area (Å²) in [5.74, 6) is 1.07. The molecule has 5 heteroatoms. The monoisotopic (exact) mass is 380 g/mol. The fourth-order valence-electron chi connectivity index (χ4n) is 4.14. The number of carbonyl (C=O) groups excluding carboxylic acids is 1. The Kier molecular flexibility index (Phi) is 4.92. The molecule has 0 bridgehead atoms. The summed E-state index contributed by atoms with van der Waals surface area (Å²) in [5, 5.41) is 1.11. The van der Waals surface area contributed by atoms with Crippen LogP contribution in [-0.4, -0.2) is 34.2 Å². The van der Waals surface area contributed by atoms with Gasteiger partial charge in [-0.1, -0.05) is 18.2 Å². The topological polar surface area (TPSA) is 58.5 Å². The lowest BCUT2D eigenvalue weighted by molar-refractivity contribution is 0.0202. The highest BCUT2D eigenvalue weighted by atomic mass is 16.6. The highest BCUT2D eigenvalue weighted by Crippen LogP contribution is 2.35. The van der Waals surface area contributed by atoms with Crippen molar-refractivity contribution in [3.05, 3.63) is 60.1 Å². The Morgan fingerprint density at radius 2 is 2.11 bits per heavy atom. The maximum absolute atomic E-state index is 12.8. The van der Waals surface area contributed by atoms with Gasteiger partial charge < -0.3 is 19.0 Å². The molecule has 5 nitrogen and oxygen atoms in total. The minimum atomic E-state index is -0.495. The highest BCUT2D eigenvalue weighted by Gasteiger charge is 2.38. The third-order valence-electron chi connectivity index (χ3n) is 5.31. The molecule has 1 fully saturated rings. The first kappa shape index (κ1) is 18.7. The van der Waals surface area contributed by atoms with E-state index < -0.39 is 5.60 Å². The van der Waals surface area contributed by atoms with Crippen LogP contribution in [0.4, 0.5) is 4.79 Å². The largest absolute Gasteiger partial charge is 0.461 e. The average molecular weight is 380 g/mol. The molecule has 2 unspecified atom stereocenters. The summed E-state index contributed by atoms with van der Waals surface area (Å²) in [4.78, 5) is 18.1. The zero-order chi connectivity index (χ0) is 19.7. The number of para-hydroxylation sites is 1. The van der Waals surface area contributed by atoms with Gasteiger partial charge in [-0.15, -0.1) is 0 Å². The van der Waals surface area contributed by atoms with Gasteiger partial charge in [-0.2, -0.15) is 0 Å². The third-order valence-corrected chi connectivity index (χ3v) is 5.31. The number of benzene rings is 1. The number of nitrogens with zero attached hydrogens (tertiary/aromatic N) is 1. The van der Waals surface area contributed by atoms with Crippen molar-refractivity contribution in [2.45, 2.75) is 57.6 Å². The van der Waals surface area contributed by atoms with Gasteiger partial charge in [-0.3, -0.25) is 0 Å². The number of carbonyl (C=O) groups is 1. The summed E-state index contributed by atoms with van der Waals surface area (Å²) in [5.41, 5.74) is 1.53. The van der Waals surface area contributed by atoms with E-state index in [2.05, 4.69) is 23.2 Å². The quantitative estimate of drug-likeness (QED) is 0.651. The van der Waals surface area contributed by atoms with Crippen molar-refractivity contribution in [3.8, 4) is 0 Å². The molecule has 1 aromatic carbocycles. The molecular formula is C23H28N2O3. The van der Waals surface area contributed by atoms with E-state index in [0.29, 0.717) is 0 Å². The maximum Gasteiger partial charge on any atom is 0.410 e. The molecule has 4 rings (SSSR count). The molecule has 148 valence electrons. The molecule has 0 aliphatic carbocycles. The summed E-state index contributed by atoms with van der Waals surface area (Å²) >= 11 is 0. The van der Waals surface area contributed by atoms with Gasteiger partial charge in [-0.25, -0.2) is 4.79 Å². The first-order valence-corrected chi connectivity index (χ1v) is 10.0. The highest BCUT2D eigenvalue weighted by molar-refractivity contribution is 5.77. The van der Waals surface area contributed by atoms with Crippen LogP contribution in [0.25, 0.3) is 11.0 Å². The number of aromatic nitrogens is 1. The Bertz CT molecular complexity index is 903. The third kappa shape index (κ3) is 3.93. The van der Waals surface area contributed by atoms with Gasteiger partial charge in [0.1, 0.15) is 16.9 Å². The SMILES string of the molecule is CC(C)(C)OC(=O)N1CCCC1C(Cc1cc2ccccc2o1)c1ccc[nH]1. The summed E-state index contributed by atoms with van der Waals surface area (Å²) in [6, 6.07) is 14.4. The molecule has 2 atom stereocenters. The fraction of sp³-hybridized carbons (Fsp3) is 0.435. The molecule has 1 N–H and O–H groups in total. The van der Waals surface area contributed by atoms with Crippen molar-refractivity contribution >= 4 is 17.1 Å². The Labute approximate surface area is 165 Å². The first-order valence-electron chi connectivity index (χ1n) is 10.0. The van der Waals surface area contributed by atoms with Gasteiger partial charge in [-0.05, 0) is 57.9 Å². The molecule has 3 aromatic rings. The van der Waals surface area contributed by atoms with Crippen LogP contribution < -0.4 is 0 Å².